The van der Waals surface area contributed by atoms with E-state index in [2.05, 4.69) is 20.6 Å². The Bertz CT molecular complexity index is 1910. The number of fused-ring (bicyclic) bond motifs is 1. The third kappa shape index (κ3) is 7.30. The number of anilines is 1. The minimum atomic E-state index is -3.42. The lowest BCUT2D eigenvalue weighted by molar-refractivity contribution is 0.0770. The topological polar surface area (TPSA) is 115 Å². The molecule has 9 nitrogen and oxygen atoms in total. The standard InChI is InChI=1S/C35H37N5O4S/c1-23-9-12-25(13-10-23)21-45(41,42)22-26-6-4-7-30-29(26)14-11-24(2)33(30)44-34-31(8-5-16-37-34)32-15-17-38-35(40-32)39-27-18-28(43-3)20-36-19-27/h4-17,27-28,36H,18-22H2,1-3H3,(H,38,39,40)/t27-,28+/m0/s1. The second kappa shape index (κ2) is 13.3. The van der Waals surface area contributed by atoms with Crippen molar-refractivity contribution in [2.75, 3.05) is 25.5 Å². The Balaban J connectivity index is 1.28. The fraction of sp³-hybridized carbons (Fsp3) is 0.286. The molecule has 1 fully saturated rings. The highest BCUT2D eigenvalue weighted by Gasteiger charge is 2.23. The molecular formula is C35H37N5O4S. The van der Waals surface area contributed by atoms with Crippen LogP contribution in [-0.4, -0.2) is 55.7 Å². The van der Waals surface area contributed by atoms with Crippen LogP contribution in [0.15, 0.2) is 85.2 Å². The first-order valence-corrected chi connectivity index (χ1v) is 16.8. The quantitative estimate of drug-likeness (QED) is 0.193. The molecule has 2 aromatic heterocycles. The van der Waals surface area contributed by atoms with Gasteiger partial charge in [-0.3, -0.25) is 0 Å². The van der Waals surface area contributed by atoms with Crippen LogP contribution in [0.1, 0.15) is 28.7 Å². The van der Waals surface area contributed by atoms with E-state index in [1.165, 1.54) is 0 Å². The SMILES string of the molecule is CO[C@H]1CNC[C@@H](Nc2nccc(-c3cccnc3Oc3c(C)ccc4c(CS(=O)(=O)Cc5ccc(C)cc5)cccc34)n2)C1. The Morgan fingerprint density at radius 3 is 2.56 bits per heavy atom. The predicted molar refractivity (Wildman–Crippen MR) is 177 cm³/mol. The summed E-state index contributed by atoms with van der Waals surface area (Å²) in [4.78, 5) is 13.8. The predicted octanol–water partition coefficient (Wildman–Crippen LogP) is 6.00. The number of hydrogen-bond acceptors (Lipinski definition) is 9. The highest BCUT2D eigenvalue weighted by Crippen LogP contribution is 2.38. The average Bonchev–Trinajstić information content (AvgIpc) is 3.04. The number of nitrogens with one attached hydrogen (secondary N) is 2. The largest absolute Gasteiger partial charge is 0.437 e. The Morgan fingerprint density at radius 2 is 1.73 bits per heavy atom. The third-order valence-electron chi connectivity index (χ3n) is 8.06. The van der Waals surface area contributed by atoms with Crippen molar-refractivity contribution in [3.8, 4) is 22.9 Å². The number of aryl methyl sites for hydroxylation is 2. The van der Waals surface area contributed by atoms with Crippen LogP contribution in [0.3, 0.4) is 0 Å². The summed E-state index contributed by atoms with van der Waals surface area (Å²) in [7, 11) is -1.70. The maximum Gasteiger partial charge on any atom is 0.228 e. The molecule has 1 aliphatic heterocycles. The molecule has 1 saturated heterocycles. The van der Waals surface area contributed by atoms with Crippen LogP contribution in [-0.2, 0) is 26.1 Å². The average molecular weight is 624 g/mol. The summed E-state index contributed by atoms with van der Waals surface area (Å²) in [5.41, 5.74) is 4.89. The molecule has 0 saturated carbocycles. The van der Waals surface area contributed by atoms with E-state index in [9.17, 15) is 8.42 Å². The number of nitrogens with zero attached hydrogens (tertiary/aromatic N) is 3. The van der Waals surface area contributed by atoms with Crippen molar-refractivity contribution >= 4 is 26.6 Å². The van der Waals surface area contributed by atoms with Gasteiger partial charge < -0.3 is 20.1 Å². The van der Waals surface area contributed by atoms with Crippen LogP contribution < -0.4 is 15.4 Å². The lowest BCUT2D eigenvalue weighted by Crippen LogP contribution is -2.46. The van der Waals surface area contributed by atoms with Crippen LogP contribution in [0.2, 0.25) is 0 Å². The Morgan fingerprint density at radius 1 is 0.889 bits per heavy atom. The first-order valence-electron chi connectivity index (χ1n) is 15.0. The fourth-order valence-electron chi connectivity index (χ4n) is 5.71. The number of rotatable bonds is 10. The van der Waals surface area contributed by atoms with E-state index >= 15 is 0 Å². The van der Waals surface area contributed by atoms with Gasteiger partial charge in [0, 0.05) is 44.0 Å². The number of pyridine rings is 1. The van der Waals surface area contributed by atoms with E-state index in [1.807, 2.05) is 86.6 Å². The lowest BCUT2D eigenvalue weighted by atomic mass is 10.0. The van der Waals surface area contributed by atoms with Crippen molar-refractivity contribution in [1.29, 1.82) is 0 Å². The number of benzene rings is 3. The van der Waals surface area contributed by atoms with Gasteiger partial charge in [0.2, 0.25) is 11.8 Å². The van der Waals surface area contributed by atoms with Gasteiger partial charge in [0.15, 0.2) is 9.84 Å². The van der Waals surface area contributed by atoms with Crippen LogP contribution >= 0.6 is 0 Å². The molecule has 3 heterocycles. The van der Waals surface area contributed by atoms with Gasteiger partial charge in [-0.25, -0.2) is 23.4 Å². The van der Waals surface area contributed by atoms with Gasteiger partial charge in [-0.15, -0.1) is 0 Å². The second-order valence-electron chi connectivity index (χ2n) is 11.6. The van der Waals surface area contributed by atoms with Crippen molar-refractivity contribution in [3.05, 3.63) is 107 Å². The zero-order valence-corrected chi connectivity index (χ0v) is 26.5. The molecule has 0 bridgehead atoms. The maximum absolute atomic E-state index is 13.3. The number of aromatic nitrogens is 3. The molecule has 6 rings (SSSR count). The third-order valence-corrected chi connectivity index (χ3v) is 9.58. The smallest absolute Gasteiger partial charge is 0.228 e. The molecule has 0 aliphatic carbocycles. The lowest BCUT2D eigenvalue weighted by Gasteiger charge is -2.29. The molecule has 0 unspecified atom stereocenters. The fourth-order valence-corrected chi connectivity index (χ4v) is 7.24. The zero-order chi connectivity index (χ0) is 31.4. The first kappa shape index (κ1) is 30.6. The number of ether oxygens (including phenoxy) is 2. The molecule has 2 N–H and O–H groups in total. The summed E-state index contributed by atoms with van der Waals surface area (Å²) in [5.74, 6) is 1.44. The Labute approximate surface area is 264 Å². The highest BCUT2D eigenvalue weighted by atomic mass is 32.2. The molecule has 232 valence electrons. The number of methoxy groups -OCH3 is 1. The van der Waals surface area contributed by atoms with Gasteiger partial charge >= 0.3 is 0 Å². The summed E-state index contributed by atoms with van der Waals surface area (Å²) in [6.45, 7) is 5.57. The number of piperidine rings is 1. The number of sulfone groups is 1. The normalized spacial score (nSPS) is 16.9. The van der Waals surface area contributed by atoms with Gasteiger partial charge in [0.05, 0.1) is 28.9 Å². The van der Waals surface area contributed by atoms with E-state index < -0.39 is 9.84 Å². The molecular weight excluding hydrogens is 586 g/mol. The molecule has 1 aliphatic rings. The Hall–Kier alpha value is -4.38. The van der Waals surface area contributed by atoms with E-state index in [4.69, 9.17) is 14.5 Å². The first-order chi connectivity index (χ1) is 21.8. The highest BCUT2D eigenvalue weighted by molar-refractivity contribution is 7.89. The molecule has 45 heavy (non-hydrogen) atoms. The van der Waals surface area contributed by atoms with Gasteiger partial charge in [-0.05, 0) is 60.5 Å². The van der Waals surface area contributed by atoms with Crippen LogP contribution in [0, 0.1) is 13.8 Å². The zero-order valence-electron chi connectivity index (χ0n) is 25.7. The van der Waals surface area contributed by atoms with Crippen molar-refractivity contribution in [1.82, 2.24) is 20.3 Å². The summed E-state index contributed by atoms with van der Waals surface area (Å²) in [5, 5.41) is 8.45. The van der Waals surface area contributed by atoms with Crippen LogP contribution in [0.4, 0.5) is 5.95 Å². The maximum atomic E-state index is 13.3. The summed E-state index contributed by atoms with van der Waals surface area (Å²) in [6, 6.07) is 23.0. The molecule has 0 amide bonds. The second-order valence-corrected chi connectivity index (χ2v) is 13.6. The van der Waals surface area contributed by atoms with Crippen LogP contribution in [0.25, 0.3) is 22.0 Å². The summed E-state index contributed by atoms with van der Waals surface area (Å²) < 4.78 is 38.6. The van der Waals surface area contributed by atoms with E-state index in [0.29, 0.717) is 28.8 Å². The van der Waals surface area contributed by atoms with Gasteiger partial charge in [0.25, 0.3) is 0 Å². The molecule has 2 atom stereocenters. The molecule has 3 aromatic carbocycles. The Kier molecular flexibility index (Phi) is 9.07. The summed E-state index contributed by atoms with van der Waals surface area (Å²) >= 11 is 0. The summed E-state index contributed by atoms with van der Waals surface area (Å²) in [6.07, 6.45) is 4.39. The monoisotopic (exact) mass is 623 g/mol. The van der Waals surface area contributed by atoms with E-state index in [1.54, 1.807) is 19.5 Å². The van der Waals surface area contributed by atoms with Crippen molar-refractivity contribution < 1.29 is 17.9 Å². The van der Waals surface area contributed by atoms with Gasteiger partial charge in [-0.1, -0.05) is 60.2 Å². The van der Waals surface area contributed by atoms with E-state index in [-0.39, 0.29) is 23.7 Å². The van der Waals surface area contributed by atoms with Gasteiger partial charge in [0.1, 0.15) is 5.75 Å². The van der Waals surface area contributed by atoms with Crippen molar-refractivity contribution in [3.63, 3.8) is 0 Å². The van der Waals surface area contributed by atoms with E-state index in [0.717, 1.165) is 52.5 Å². The van der Waals surface area contributed by atoms with Crippen molar-refractivity contribution in [2.45, 2.75) is 43.9 Å². The number of hydrogen-bond donors (Lipinski definition) is 2. The minimum Gasteiger partial charge on any atom is -0.437 e. The van der Waals surface area contributed by atoms with Gasteiger partial charge in [-0.2, -0.15) is 0 Å². The van der Waals surface area contributed by atoms with Crippen molar-refractivity contribution in [2.24, 2.45) is 0 Å². The molecule has 10 heteroatoms. The molecule has 0 spiro atoms. The molecule has 0 radical (unpaired) electrons. The minimum absolute atomic E-state index is 0.0177. The van der Waals surface area contributed by atoms with Crippen LogP contribution in [0.5, 0.6) is 11.6 Å². The molecule has 5 aromatic rings.